The highest BCUT2D eigenvalue weighted by atomic mass is 16.3. The number of nitrogens with zero attached hydrogens (tertiary/aromatic N) is 1. The first-order valence-corrected chi connectivity index (χ1v) is 5.84. The number of nitrogens with one attached hydrogen (secondary N) is 1. The fourth-order valence-electron chi connectivity index (χ4n) is 2.08. The van der Waals surface area contributed by atoms with E-state index in [2.05, 4.69) is 10.3 Å². The molecule has 1 aromatic heterocycles. The van der Waals surface area contributed by atoms with Crippen molar-refractivity contribution in [1.82, 2.24) is 4.98 Å². The van der Waals surface area contributed by atoms with Gasteiger partial charge in [-0.25, -0.2) is 4.98 Å². The van der Waals surface area contributed by atoms with Gasteiger partial charge in [-0.1, -0.05) is 6.07 Å². The van der Waals surface area contributed by atoms with Crippen molar-refractivity contribution in [3.05, 3.63) is 35.9 Å². The molecule has 1 aliphatic heterocycles. The number of carbonyl (C=O) groups is 1. The Labute approximate surface area is 104 Å². The van der Waals surface area contributed by atoms with E-state index in [4.69, 9.17) is 10.2 Å². The zero-order chi connectivity index (χ0) is 12.5. The van der Waals surface area contributed by atoms with Crippen molar-refractivity contribution < 1.29 is 9.21 Å². The molecule has 0 saturated carbocycles. The molecule has 18 heavy (non-hydrogen) atoms. The van der Waals surface area contributed by atoms with E-state index >= 15 is 0 Å². The van der Waals surface area contributed by atoms with Crippen LogP contribution in [0, 0.1) is 0 Å². The quantitative estimate of drug-likeness (QED) is 0.840. The highest BCUT2D eigenvalue weighted by Gasteiger charge is 2.15. The van der Waals surface area contributed by atoms with Crippen LogP contribution >= 0.6 is 0 Å². The normalized spacial score (nSPS) is 14.2. The van der Waals surface area contributed by atoms with Gasteiger partial charge in [0, 0.05) is 17.7 Å². The summed E-state index contributed by atoms with van der Waals surface area (Å²) in [5.41, 5.74) is 9.23. The van der Waals surface area contributed by atoms with Crippen molar-refractivity contribution >= 4 is 11.6 Å². The van der Waals surface area contributed by atoms with Gasteiger partial charge in [0.25, 0.3) is 0 Å². The van der Waals surface area contributed by atoms with Gasteiger partial charge in [-0.15, -0.1) is 0 Å². The van der Waals surface area contributed by atoms with E-state index in [9.17, 15) is 4.79 Å². The van der Waals surface area contributed by atoms with Crippen LogP contribution in [0.1, 0.15) is 17.9 Å². The van der Waals surface area contributed by atoms with Crippen LogP contribution in [0.5, 0.6) is 0 Å². The molecule has 2 aromatic rings. The number of anilines is 1. The van der Waals surface area contributed by atoms with Crippen molar-refractivity contribution in [2.45, 2.75) is 19.4 Å². The molecule has 3 N–H and O–H groups in total. The summed E-state index contributed by atoms with van der Waals surface area (Å²) in [6.07, 6.45) is 2.89. The van der Waals surface area contributed by atoms with Gasteiger partial charge < -0.3 is 15.5 Å². The van der Waals surface area contributed by atoms with Crippen LogP contribution in [0.4, 0.5) is 5.69 Å². The van der Waals surface area contributed by atoms with Crippen LogP contribution in [-0.4, -0.2) is 10.9 Å². The molecule has 0 spiro atoms. The van der Waals surface area contributed by atoms with Crippen molar-refractivity contribution in [3.63, 3.8) is 0 Å². The standard InChI is InChI=1S/C13H13N3O2/c14-6-13-16-11(7-18-13)9-1-3-10-8(5-9)2-4-12(17)15-10/h1,3,5,7H,2,4,6,14H2,(H,15,17). The lowest BCUT2D eigenvalue weighted by Crippen LogP contribution is -2.18. The van der Waals surface area contributed by atoms with Gasteiger partial charge >= 0.3 is 0 Å². The summed E-state index contributed by atoms with van der Waals surface area (Å²) in [5.74, 6) is 0.595. The minimum atomic E-state index is 0.0714. The highest BCUT2D eigenvalue weighted by molar-refractivity contribution is 5.94. The summed E-state index contributed by atoms with van der Waals surface area (Å²) in [7, 11) is 0. The summed E-state index contributed by atoms with van der Waals surface area (Å²) in [6.45, 7) is 0.293. The highest BCUT2D eigenvalue weighted by Crippen LogP contribution is 2.28. The van der Waals surface area contributed by atoms with Gasteiger partial charge in [-0.2, -0.15) is 0 Å². The van der Waals surface area contributed by atoms with Gasteiger partial charge in [-0.3, -0.25) is 4.79 Å². The molecule has 3 rings (SSSR count). The van der Waals surface area contributed by atoms with Gasteiger partial charge in [0.05, 0.1) is 6.54 Å². The first-order valence-electron chi connectivity index (χ1n) is 5.84. The molecule has 2 heterocycles. The van der Waals surface area contributed by atoms with E-state index < -0.39 is 0 Å². The molecule has 0 saturated heterocycles. The van der Waals surface area contributed by atoms with Crippen LogP contribution in [-0.2, 0) is 17.8 Å². The summed E-state index contributed by atoms with van der Waals surface area (Å²) in [6, 6.07) is 5.86. The number of hydrogen-bond acceptors (Lipinski definition) is 4. The molecule has 0 fully saturated rings. The predicted octanol–water partition coefficient (Wildman–Crippen LogP) is 1.69. The molecule has 1 aliphatic rings. The Balaban J connectivity index is 1.97. The third-order valence-electron chi connectivity index (χ3n) is 3.02. The number of rotatable bonds is 2. The van der Waals surface area contributed by atoms with Gasteiger partial charge in [0.1, 0.15) is 12.0 Å². The molecule has 0 bridgehead atoms. The minimum absolute atomic E-state index is 0.0714. The zero-order valence-corrected chi connectivity index (χ0v) is 9.77. The Hall–Kier alpha value is -2.14. The lowest BCUT2D eigenvalue weighted by atomic mass is 9.99. The number of carbonyl (C=O) groups excluding carboxylic acids is 1. The first kappa shape index (κ1) is 11.0. The third kappa shape index (κ3) is 1.89. The largest absolute Gasteiger partial charge is 0.447 e. The third-order valence-corrected chi connectivity index (χ3v) is 3.02. The molecule has 5 nitrogen and oxygen atoms in total. The molecule has 0 aliphatic carbocycles. The Morgan fingerprint density at radius 1 is 1.39 bits per heavy atom. The summed E-state index contributed by atoms with van der Waals surface area (Å²) in [5, 5.41) is 2.85. The molecular weight excluding hydrogens is 230 g/mol. The maximum Gasteiger partial charge on any atom is 0.224 e. The lowest BCUT2D eigenvalue weighted by molar-refractivity contribution is -0.116. The minimum Gasteiger partial charge on any atom is -0.447 e. The van der Waals surface area contributed by atoms with Gasteiger partial charge in [0.2, 0.25) is 11.8 Å². The maximum absolute atomic E-state index is 11.3. The molecule has 1 amide bonds. The molecule has 0 unspecified atom stereocenters. The van der Waals surface area contributed by atoms with Crippen LogP contribution in [0.3, 0.4) is 0 Å². The lowest BCUT2D eigenvalue weighted by Gasteiger charge is -2.16. The van der Waals surface area contributed by atoms with Crippen molar-refractivity contribution in [2.24, 2.45) is 5.73 Å². The Bertz CT molecular complexity index is 604. The van der Waals surface area contributed by atoms with Crippen LogP contribution in [0.2, 0.25) is 0 Å². The fraction of sp³-hybridized carbons (Fsp3) is 0.231. The topological polar surface area (TPSA) is 81.1 Å². The van der Waals surface area contributed by atoms with Crippen LogP contribution in [0.25, 0.3) is 11.3 Å². The average molecular weight is 243 g/mol. The Morgan fingerprint density at radius 2 is 2.28 bits per heavy atom. The van der Waals surface area contributed by atoms with Crippen molar-refractivity contribution in [2.75, 3.05) is 5.32 Å². The number of fused-ring (bicyclic) bond motifs is 1. The summed E-state index contributed by atoms with van der Waals surface area (Å²) in [4.78, 5) is 15.6. The first-order chi connectivity index (χ1) is 8.76. The monoisotopic (exact) mass is 243 g/mol. The number of benzene rings is 1. The number of aryl methyl sites for hydroxylation is 1. The number of aromatic nitrogens is 1. The molecule has 1 aromatic carbocycles. The number of amides is 1. The second-order valence-corrected chi connectivity index (χ2v) is 4.25. The van der Waals surface area contributed by atoms with Crippen molar-refractivity contribution in [3.8, 4) is 11.3 Å². The SMILES string of the molecule is NCc1nc(-c2ccc3c(c2)CCC(=O)N3)co1. The van der Waals surface area contributed by atoms with Gasteiger partial charge in [0.15, 0.2) is 0 Å². The fourth-order valence-corrected chi connectivity index (χ4v) is 2.08. The van der Waals surface area contributed by atoms with Crippen molar-refractivity contribution in [1.29, 1.82) is 0 Å². The molecule has 5 heteroatoms. The predicted molar refractivity (Wildman–Crippen MR) is 66.8 cm³/mol. The molecule has 92 valence electrons. The van der Waals surface area contributed by atoms with E-state index in [1.165, 1.54) is 0 Å². The second kappa shape index (κ2) is 4.27. The van der Waals surface area contributed by atoms with E-state index in [1.54, 1.807) is 6.26 Å². The maximum atomic E-state index is 11.3. The Morgan fingerprint density at radius 3 is 3.06 bits per heavy atom. The van der Waals surface area contributed by atoms with Gasteiger partial charge in [-0.05, 0) is 24.1 Å². The average Bonchev–Trinajstić information content (AvgIpc) is 2.87. The molecule has 0 radical (unpaired) electrons. The number of hydrogen-bond donors (Lipinski definition) is 2. The van der Waals surface area contributed by atoms with Crippen LogP contribution in [0.15, 0.2) is 28.9 Å². The Kier molecular flexibility index (Phi) is 2.60. The smallest absolute Gasteiger partial charge is 0.224 e. The van der Waals surface area contributed by atoms with E-state index in [-0.39, 0.29) is 5.91 Å². The van der Waals surface area contributed by atoms with E-state index in [0.29, 0.717) is 18.9 Å². The van der Waals surface area contributed by atoms with E-state index in [0.717, 1.165) is 28.9 Å². The zero-order valence-electron chi connectivity index (χ0n) is 9.77. The molecule has 0 atom stereocenters. The number of oxazole rings is 1. The van der Waals surface area contributed by atoms with E-state index in [1.807, 2.05) is 18.2 Å². The van der Waals surface area contributed by atoms with Crippen LogP contribution < -0.4 is 11.1 Å². The second-order valence-electron chi connectivity index (χ2n) is 4.25. The summed E-state index contributed by atoms with van der Waals surface area (Å²) >= 11 is 0. The summed E-state index contributed by atoms with van der Waals surface area (Å²) < 4.78 is 5.22. The number of nitrogens with two attached hydrogens (primary N) is 1. The molecular formula is C13H13N3O2.